The first kappa shape index (κ1) is 17.7. The quantitative estimate of drug-likeness (QED) is 0.721. The van der Waals surface area contributed by atoms with Crippen LogP contribution in [0.2, 0.25) is 0 Å². The summed E-state index contributed by atoms with van der Waals surface area (Å²) in [5.41, 5.74) is 7.02. The van der Waals surface area contributed by atoms with Crippen LogP contribution in [-0.4, -0.2) is 49.6 Å². The predicted molar refractivity (Wildman–Crippen MR) is 91.1 cm³/mol. The molecule has 0 saturated carbocycles. The van der Waals surface area contributed by atoms with Gasteiger partial charge in [0.2, 0.25) is 5.91 Å². The summed E-state index contributed by atoms with van der Waals surface area (Å²) in [6.45, 7) is 2.49. The number of nitrogens with zero attached hydrogens (tertiary/aromatic N) is 1. The Kier molecular flexibility index (Phi) is 7.39. The number of carbonyl (C=O) groups is 1. The van der Waals surface area contributed by atoms with Crippen molar-refractivity contribution in [1.29, 1.82) is 0 Å². The monoisotopic (exact) mass is 311 g/mol. The van der Waals surface area contributed by atoms with Gasteiger partial charge in [-0.15, -0.1) is 0 Å². The first-order valence-corrected chi connectivity index (χ1v) is 8.33. The molecule has 0 aliphatic carbocycles. The van der Waals surface area contributed by atoms with Gasteiger partial charge in [-0.25, -0.2) is 0 Å². The van der Waals surface area contributed by atoms with E-state index in [0.717, 1.165) is 12.2 Å². The van der Waals surface area contributed by atoms with Gasteiger partial charge in [-0.2, -0.15) is 11.8 Å². The Bertz CT molecular complexity index is 468. The Labute approximate surface area is 131 Å². The van der Waals surface area contributed by atoms with Gasteiger partial charge in [0.25, 0.3) is 0 Å². The number of hydrogen-bond acceptors (Lipinski definition) is 5. The fourth-order valence-corrected chi connectivity index (χ4v) is 2.95. The van der Waals surface area contributed by atoms with Crippen LogP contribution in [0.15, 0.2) is 18.2 Å². The van der Waals surface area contributed by atoms with Gasteiger partial charge in [-0.05, 0) is 31.9 Å². The van der Waals surface area contributed by atoms with E-state index in [9.17, 15) is 4.79 Å². The van der Waals surface area contributed by atoms with E-state index >= 15 is 0 Å². The number of amides is 1. The van der Waals surface area contributed by atoms with Crippen molar-refractivity contribution in [2.45, 2.75) is 19.4 Å². The van der Waals surface area contributed by atoms with Gasteiger partial charge < -0.3 is 15.8 Å². The van der Waals surface area contributed by atoms with Crippen molar-refractivity contribution in [1.82, 2.24) is 4.90 Å². The number of nitrogens with two attached hydrogens (primary N) is 1. The second-order valence-corrected chi connectivity index (χ2v) is 5.84. The third-order valence-electron chi connectivity index (χ3n) is 3.38. The summed E-state index contributed by atoms with van der Waals surface area (Å²) >= 11 is 1.79. The average Bonchev–Trinajstić information content (AvgIpc) is 2.46. The number of thioether (sulfide) groups is 1. The zero-order valence-electron chi connectivity index (χ0n) is 13.2. The van der Waals surface area contributed by atoms with E-state index in [1.54, 1.807) is 37.1 Å². The maximum Gasteiger partial charge on any atom is 0.238 e. The molecule has 0 spiro atoms. The first-order valence-electron chi connectivity index (χ1n) is 6.94. The fourth-order valence-electron chi connectivity index (χ4n) is 2.08. The van der Waals surface area contributed by atoms with Crippen molar-refractivity contribution in [3.8, 4) is 5.75 Å². The van der Waals surface area contributed by atoms with Crippen molar-refractivity contribution in [2.75, 3.05) is 43.8 Å². The number of nitrogens with one attached hydrogen (secondary N) is 1. The molecule has 5 nitrogen and oxygen atoms in total. The summed E-state index contributed by atoms with van der Waals surface area (Å²) in [7, 11) is 3.56. The van der Waals surface area contributed by atoms with Gasteiger partial charge >= 0.3 is 0 Å². The van der Waals surface area contributed by atoms with Gasteiger partial charge in [0, 0.05) is 17.9 Å². The van der Waals surface area contributed by atoms with E-state index in [1.165, 1.54) is 0 Å². The summed E-state index contributed by atoms with van der Waals surface area (Å²) in [4.78, 5) is 14.2. The molecule has 0 saturated heterocycles. The zero-order chi connectivity index (χ0) is 15.8. The predicted octanol–water partition coefficient (Wildman–Crippen LogP) is 2.29. The molecule has 1 aromatic rings. The highest BCUT2D eigenvalue weighted by atomic mass is 32.2. The van der Waals surface area contributed by atoms with Crippen LogP contribution in [0.25, 0.3) is 0 Å². The van der Waals surface area contributed by atoms with Crippen LogP contribution in [0.5, 0.6) is 5.75 Å². The lowest BCUT2D eigenvalue weighted by Crippen LogP contribution is -2.39. The lowest BCUT2D eigenvalue weighted by atomic mass is 10.2. The van der Waals surface area contributed by atoms with Crippen molar-refractivity contribution < 1.29 is 9.53 Å². The van der Waals surface area contributed by atoms with Gasteiger partial charge in [0.15, 0.2) is 0 Å². The number of likely N-dealkylation sites (N-methyl/N-ethyl adjacent to an activating group) is 1. The molecule has 0 aliphatic rings. The normalized spacial score (nSPS) is 12.2. The topological polar surface area (TPSA) is 67.6 Å². The summed E-state index contributed by atoms with van der Waals surface area (Å²) in [6.07, 6.45) is 3.10. The summed E-state index contributed by atoms with van der Waals surface area (Å²) in [6, 6.07) is 5.63. The molecule has 0 aromatic heterocycles. The number of nitrogen functional groups attached to an aromatic ring is 1. The van der Waals surface area contributed by atoms with Crippen LogP contribution in [-0.2, 0) is 4.79 Å². The second-order valence-electron chi connectivity index (χ2n) is 4.93. The Morgan fingerprint density at radius 2 is 2.24 bits per heavy atom. The minimum absolute atomic E-state index is 0.0612. The highest BCUT2D eigenvalue weighted by Crippen LogP contribution is 2.24. The molecule has 1 aromatic carbocycles. The Morgan fingerprint density at radius 3 is 2.76 bits per heavy atom. The number of carbonyl (C=O) groups excluding carboxylic acids is 1. The maximum absolute atomic E-state index is 12.1. The first-order chi connectivity index (χ1) is 10.0. The summed E-state index contributed by atoms with van der Waals surface area (Å²) in [5, 5.41) is 2.85. The lowest BCUT2D eigenvalue weighted by Gasteiger charge is -2.26. The number of rotatable bonds is 8. The van der Waals surface area contributed by atoms with E-state index in [1.807, 2.05) is 7.05 Å². The molecule has 1 unspecified atom stereocenters. The van der Waals surface area contributed by atoms with Crippen molar-refractivity contribution in [2.24, 2.45) is 0 Å². The Morgan fingerprint density at radius 1 is 1.52 bits per heavy atom. The molecular weight excluding hydrogens is 286 g/mol. The van der Waals surface area contributed by atoms with Crippen LogP contribution in [0.1, 0.15) is 13.3 Å². The van der Waals surface area contributed by atoms with E-state index in [2.05, 4.69) is 23.4 Å². The lowest BCUT2D eigenvalue weighted by molar-refractivity contribution is -0.117. The molecule has 118 valence electrons. The fraction of sp³-hybridized carbons (Fsp3) is 0.533. The van der Waals surface area contributed by atoms with Gasteiger partial charge in [0.05, 0.1) is 25.0 Å². The minimum atomic E-state index is -0.0612. The van der Waals surface area contributed by atoms with Crippen molar-refractivity contribution in [3.63, 3.8) is 0 Å². The third-order valence-corrected chi connectivity index (χ3v) is 4.10. The molecule has 21 heavy (non-hydrogen) atoms. The van der Waals surface area contributed by atoms with Crippen molar-refractivity contribution in [3.05, 3.63) is 18.2 Å². The van der Waals surface area contributed by atoms with Crippen LogP contribution in [0, 0.1) is 0 Å². The van der Waals surface area contributed by atoms with Gasteiger partial charge in [0.1, 0.15) is 5.75 Å². The Balaban J connectivity index is 2.61. The highest BCUT2D eigenvalue weighted by Gasteiger charge is 2.16. The molecule has 0 aliphatic heterocycles. The molecule has 3 N–H and O–H groups in total. The number of anilines is 2. The standard InChI is InChI=1S/C15H25N3O2S/c1-5-11(10-21-4)18(2)9-15(19)17-14-7-6-12(20-3)8-13(14)16/h6-8,11H,5,9-10,16H2,1-4H3,(H,17,19). The molecule has 1 amide bonds. The zero-order valence-corrected chi connectivity index (χ0v) is 14.0. The number of benzene rings is 1. The van der Waals surface area contributed by atoms with E-state index < -0.39 is 0 Å². The molecule has 0 fully saturated rings. The van der Waals surface area contributed by atoms with Crippen LogP contribution < -0.4 is 15.8 Å². The molecule has 6 heteroatoms. The van der Waals surface area contributed by atoms with E-state index in [4.69, 9.17) is 10.5 Å². The van der Waals surface area contributed by atoms with E-state index in [0.29, 0.717) is 29.7 Å². The largest absolute Gasteiger partial charge is 0.497 e. The molecule has 0 bridgehead atoms. The molecule has 0 heterocycles. The van der Waals surface area contributed by atoms with Gasteiger partial charge in [-0.1, -0.05) is 6.92 Å². The molecule has 1 rings (SSSR count). The van der Waals surface area contributed by atoms with E-state index in [-0.39, 0.29) is 5.91 Å². The minimum Gasteiger partial charge on any atom is -0.497 e. The summed E-state index contributed by atoms with van der Waals surface area (Å²) in [5.74, 6) is 1.63. The molecular formula is C15H25N3O2S. The number of ether oxygens (including phenoxy) is 1. The second kappa shape index (κ2) is 8.79. The number of methoxy groups -OCH3 is 1. The molecule has 0 radical (unpaired) electrons. The third kappa shape index (κ3) is 5.47. The van der Waals surface area contributed by atoms with Crippen LogP contribution in [0.4, 0.5) is 11.4 Å². The average molecular weight is 311 g/mol. The van der Waals surface area contributed by atoms with Crippen molar-refractivity contribution >= 4 is 29.0 Å². The SMILES string of the molecule is CCC(CSC)N(C)CC(=O)Nc1ccc(OC)cc1N. The number of hydrogen-bond donors (Lipinski definition) is 2. The summed E-state index contributed by atoms with van der Waals surface area (Å²) < 4.78 is 5.09. The Hall–Kier alpha value is -1.40. The smallest absolute Gasteiger partial charge is 0.238 e. The maximum atomic E-state index is 12.1. The highest BCUT2D eigenvalue weighted by molar-refractivity contribution is 7.98. The van der Waals surface area contributed by atoms with Gasteiger partial charge in [-0.3, -0.25) is 9.69 Å². The van der Waals surface area contributed by atoms with Crippen LogP contribution >= 0.6 is 11.8 Å². The molecule has 1 atom stereocenters. The van der Waals surface area contributed by atoms with Crippen LogP contribution in [0.3, 0.4) is 0 Å².